The highest BCUT2D eigenvalue weighted by Gasteiger charge is 2.03. The molecule has 0 bridgehead atoms. The number of ether oxygens (including phenoxy) is 1. The van der Waals surface area contributed by atoms with Gasteiger partial charge in [-0.05, 0) is 30.7 Å². The van der Waals surface area contributed by atoms with Crippen molar-refractivity contribution >= 4 is 0 Å². The number of pyridine rings is 1. The molecule has 2 aromatic rings. The highest BCUT2D eigenvalue weighted by Crippen LogP contribution is 2.22. The van der Waals surface area contributed by atoms with E-state index in [1.54, 1.807) is 6.20 Å². The molecule has 0 fully saturated rings. The zero-order valence-corrected chi connectivity index (χ0v) is 9.18. The van der Waals surface area contributed by atoms with Gasteiger partial charge >= 0.3 is 0 Å². The van der Waals surface area contributed by atoms with Crippen molar-refractivity contribution in [3.63, 3.8) is 0 Å². The zero-order valence-electron chi connectivity index (χ0n) is 9.18. The first-order chi connectivity index (χ1) is 7.79. The molecule has 0 aliphatic carbocycles. The Morgan fingerprint density at radius 2 is 2.12 bits per heavy atom. The largest absolute Gasteiger partial charge is 0.439 e. The van der Waals surface area contributed by atoms with Gasteiger partial charge in [0, 0.05) is 18.3 Å². The first-order valence-electron chi connectivity index (χ1n) is 5.18. The Morgan fingerprint density at radius 1 is 1.25 bits per heavy atom. The lowest BCUT2D eigenvalue weighted by Gasteiger charge is -2.08. The summed E-state index contributed by atoms with van der Waals surface area (Å²) in [6.45, 7) is 2.45. The maximum atomic E-state index is 5.69. The van der Waals surface area contributed by atoms with Crippen LogP contribution in [0, 0.1) is 6.92 Å². The molecular weight excluding hydrogens is 200 g/mol. The second kappa shape index (κ2) is 4.77. The van der Waals surface area contributed by atoms with E-state index >= 15 is 0 Å². The van der Waals surface area contributed by atoms with Crippen LogP contribution in [-0.2, 0) is 6.54 Å². The fourth-order valence-electron chi connectivity index (χ4n) is 1.46. The van der Waals surface area contributed by atoms with Crippen molar-refractivity contribution in [2.75, 3.05) is 0 Å². The third-order valence-corrected chi connectivity index (χ3v) is 2.27. The van der Waals surface area contributed by atoms with Crippen LogP contribution >= 0.6 is 0 Å². The van der Waals surface area contributed by atoms with Crippen molar-refractivity contribution in [1.29, 1.82) is 0 Å². The lowest BCUT2D eigenvalue weighted by molar-refractivity contribution is 0.456. The quantitative estimate of drug-likeness (QED) is 0.854. The molecule has 0 atom stereocenters. The molecule has 0 amide bonds. The predicted molar refractivity (Wildman–Crippen MR) is 63.4 cm³/mol. The van der Waals surface area contributed by atoms with Crippen LogP contribution in [0.4, 0.5) is 0 Å². The summed E-state index contributed by atoms with van der Waals surface area (Å²) in [7, 11) is 0. The van der Waals surface area contributed by atoms with Crippen LogP contribution in [0.5, 0.6) is 11.6 Å². The second-order valence-electron chi connectivity index (χ2n) is 3.59. The Balaban J connectivity index is 2.26. The molecule has 3 nitrogen and oxygen atoms in total. The van der Waals surface area contributed by atoms with E-state index in [9.17, 15) is 0 Å². The Morgan fingerprint density at radius 3 is 2.88 bits per heavy atom. The normalized spacial score (nSPS) is 10.1. The fourth-order valence-corrected chi connectivity index (χ4v) is 1.46. The standard InChI is InChI=1S/C13H14N2O/c1-10-4-2-6-12(8-10)16-13-11(9-14)5-3-7-15-13/h2-8H,9,14H2,1H3. The van der Waals surface area contributed by atoms with Gasteiger partial charge in [-0.2, -0.15) is 0 Å². The van der Waals surface area contributed by atoms with Gasteiger partial charge in [-0.1, -0.05) is 18.2 Å². The SMILES string of the molecule is Cc1cccc(Oc2ncccc2CN)c1. The average Bonchev–Trinajstić information content (AvgIpc) is 2.30. The molecule has 0 saturated heterocycles. The van der Waals surface area contributed by atoms with Gasteiger partial charge in [-0.3, -0.25) is 0 Å². The van der Waals surface area contributed by atoms with E-state index in [1.807, 2.05) is 43.3 Å². The molecule has 0 unspecified atom stereocenters. The molecular formula is C13H14N2O. The minimum absolute atomic E-state index is 0.426. The Bertz CT molecular complexity index is 483. The number of hydrogen-bond donors (Lipinski definition) is 1. The maximum absolute atomic E-state index is 5.69. The Hall–Kier alpha value is -1.87. The van der Waals surface area contributed by atoms with Crippen molar-refractivity contribution in [2.45, 2.75) is 13.5 Å². The maximum Gasteiger partial charge on any atom is 0.223 e. The van der Waals surface area contributed by atoms with Crippen molar-refractivity contribution in [1.82, 2.24) is 4.98 Å². The van der Waals surface area contributed by atoms with Gasteiger partial charge in [-0.25, -0.2) is 4.98 Å². The molecule has 2 rings (SSSR count). The summed E-state index contributed by atoms with van der Waals surface area (Å²) < 4.78 is 5.69. The van der Waals surface area contributed by atoms with Crippen LogP contribution in [0.2, 0.25) is 0 Å². The van der Waals surface area contributed by atoms with Crippen LogP contribution in [0.15, 0.2) is 42.6 Å². The van der Waals surface area contributed by atoms with Crippen LogP contribution in [-0.4, -0.2) is 4.98 Å². The molecule has 0 spiro atoms. The van der Waals surface area contributed by atoms with Gasteiger partial charge < -0.3 is 10.5 Å². The van der Waals surface area contributed by atoms with Gasteiger partial charge in [0.1, 0.15) is 5.75 Å². The van der Waals surface area contributed by atoms with E-state index in [0.717, 1.165) is 16.9 Å². The Kier molecular flexibility index (Phi) is 3.17. The summed E-state index contributed by atoms with van der Waals surface area (Å²) in [5.41, 5.74) is 7.68. The molecule has 82 valence electrons. The zero-order chi connectivity index (χ0) is 11.4. The molecule has 0 radical (unpaired) electrons. The molecule has 3 heteroatoms. The van der Waals surface area contributed by atoms with Gasteiger partial charge in [0.2, 0.25) is 5.88 Å². The summed E-state index contributed by atoms with van der Waals surface area (Å²) in [5.74, 6) is 1.36. The van der Waals surface area contributed by atoms with E-state index in [2.05, 4.69) is 4.98 Å². The summed E-state index contributed by atoms with van der Waals surface area (Å²) in [6, 6.07) is 11.6. The molecule has 16 heavy (non-hydrogen) atoms. The van der Waals surface area contributed by atoms with Crippen LogP contribution in [0.1, 0.15) is 11.1 Å². The van der Waals surface area contributed by atoms with E-state index in [1.165, 1.54) is 0 Å². The van der Waals surface area contributed by atoms with Crippen LogP contribution < -0.4 is 10.5 Å². The molecule has 0 aliphatic heterocycles. The average molecular weight is 214 g/mol. The van der Waals surface area contributed by atoms with Crippen LogP contribution in [0.3, 0.4) is 0 Å². The van der Waals surface area contributed by atoms with Crippen molar-refractivity contribution < 1.29 is 4.74 Å². The van der Waals surface area contributed by atoms with E-state index < -0.39 is 0 Å². The predicted octanol–water partition coefficient (Wildman–Crippen LogP) is 2.64. The van der Waals surface area contributed by atoms with Gasteiger partial charge in [0.15, 0.2) is 0 Å². The highest BCUT2D eigenvalue weighted by molar-refractivity contribution is 5.34. The molecule has 1 heterocycles. The summed E-state index contributed by atoms with van der Waals surface area (Å²) in [5, 5.41) is 0. The molecule has 0 aliphatic rings. The van der Waals surface area contributed by atoms with Gasteiger partial charge in [0.25, 0.3) is 0 Å². The first kappa shape index (κ1) is 10.6. The van der Waals surface area contributed by atoms with E-state index in [0.29, 0.717) is 12.4 Å². The molecule has 2 N–H and O–H groups in total. The molecule has 0 saturated carbocycles. The number of nitrogens with zero attached hydrogens (tertiary/aromatic N) is 1. The van der Waals surface area contributed by atoms with Crippen LogP contribution in [0.25, 0.3) is 0 Å². The minimum atomic E-state index is 0.426. The fraction of sp³-hybridized carbons (Fsp3) is 0.154. The number of aromatic nitrogens is 1. The number of rotatable bonds is 3. The van der Waals surface area contributed by atoms with Crippen molar-refractivity contribution in [2.24, 2.45) is 5.73 Å². The monoisotopic (exact) mass is 214 g/mol. The topological polar surface area (TPSA) is 48.1 Å². The third-order valence-electron chi connectivity index (χ3n) is 2.27. The van der Waals surface area contributed by atoms with Crippen molar-refractivity contribution in [3.05, 3.63) is 53.7 Å². The van der Waals surface area contributed by atoms with Gasteiger partial charge in [0.05, 0.1) is 0 Å². The summed E-state index contributed by atoms with van der Waals surface area (Å²) >= 11 is 0. The second-order valence-corrected chi connectivity index (χ2v) is 3.59. The number of benzene rings is 1. The smallest absolute Gasteiger partial charge is 0.223 e. The summed E-state index contributed by atoms with van der Waals surface area (Å²) in [4.78, 5) is 4.17. The van der Waals surface area contributed by atoms with Gasteiger partial charge in [-0.15, -0.1) is 0 Å². The minimum Gasteiger partial charge on any atom is -0.439 e. The van der Waals surface area contributed by atoms with E-state index in [-0.39, 0.29) is 0 Å². The highest BCUT2D eigenvalue weighted by atomic mass is 16.5. The molecule has 1 aromatic carbocycles. The first-order valence-corrected chi connectivity index (χ1v) is 5.18. The van der Waals surface area contributed by atoms with Crippen molar-refractivity contribution in [3.8, 4) is 11.6 Å². The number of nitrogens with two attached hydrogens (primary N) is 1. The summed E-state index contributed by atoms with van der Waals surface area (Å²) in [6.07, 6.45) is 1.70. The lowest BCUT2D eigenvalue weighted by atomic mass is 10.2. The molecule has 1 aromatic heterocycles. The number of hydrogen-bond acceptors (Lipinski definition) is 3. The van der Waals surface area contributed by atoms with E-state index in [4.69, 9.17) is 10.5 Å². The Labute approximate surface area is 94.9 Å². The lowest BCUT2D eigenvalue weighted by Crippen LogP contribution is -2.00. The third kappa shape index (κ3) is 2.38. The number of aryl methyl sites for hydroxylation is 1.